The van der Waals surface area contributed by atoms with Gasteiger partial charge >= 0.3 is 5.97 Å². The van der Waals surface area contributed by atoms with Gasteiger partial charge in [0.2, 0.25) is 0 Å². The molecule has 1 heterocycles. The molecule has 0 saturated carbocycles. The van der Waals surface area contributed by atoms with Gasteiger partial charge in [0.1, 0.15) is 0 Å². The molecule has 0 aliphatic heterocycles. The van der Waals surface area contributed by atoms with Crippen molar-refractivity contribution >= 4 is 34.8 Å². The van der Waals surface area contributed by atoms with E-state index in [0.29, 0.717) is 10.9 Å². The summed E-state index contributed by atoms with van der Waals surface area (Å²) in [6.07, 6.45) is 3.18. The highest BCUT2D eigenvalue weighted by atomic mass is 32.1. The minimum absolute atomic E-state index is 0.0189. The zero-order valence-electron chi connectivity index (χ0n) is 16.1. The van der Waals surface area contributed by atoms with E-state index in [-0.39, 0.29) is 17.3 Å². The smallest absolute Gasteiger partial charge is 0.337 e. The Morgan fingerprint density at radius 3 is 2.23 bits per heavy atom. The molecule has 152 valence electrons. The van der Waals surface area contributed by atoms with E-state index in [2.05, 4.69) is 57.6 Å². The van der Waals surface area contributed by atoms with E-state index >= 15 is 0 Å². The summed E-state index contributed by atoms with van der Waals surface area (Å²) >= 11 is 5.50. The van der Waals surface area contributed by atoms with Crippen LogP contribution in [0.5, 0.6) is 0 Å². The summed E-state index contributed by atoms with van der Waals surface area (Å²) in [7, 11) is 0. The van der Waals surface area contributed by atoms with E-state index in [9.17, 15) is 4.79 Å². The zero-order valence-corrected chi connectivity index (χ0v) is 16.9. The van der Waals surface area contributed by atoms with Crippen molar-refractivity contribution in [3.63, 3.8) is 0 Å². The molecule has 2 aromatic carbocycles. The molecule has 0 radical (unpaired) electrons. The lowest BCUT2D eigenvalue weighted by molar-refractivity contribution is 0.0696. The normalized spacial score (nSPS) is 12.8. The minimum atomic E-state index is -1.09. The first kappa shape index (κ1) is 19.7. The number of hydrogen-bond donors (Lipinski definition) is 5. The van der Waals surface area contributed by atoms with Crippen LogP contribution in [0.25, 0.3) is 0 Å². The molecule has 0 spiro atoms. The van der Waals surface area contributed by atoms with Gasteiger partial charge in [-0.25, -0.2) is 9.78 Å². The van der Waals surface area contributed by atoms with Crippen molar-refractivity contribution in [1.29, 1.82) is 0 Å². The summed E-state index contributed by atoms with van der Waals surface area (Å²) in [5, 5.41) is 12.8. The third-order valence-corrected chi connectivity index (χ3v) is 5.35. The Labute approximate surface area is 179 Å². The number of aryl methyl sites for hydroxylation is 2. The largest absolute Gasteiger partial charge is 0.478 e. The lowest BCUT2D eigenvalue weighted by Gasteiger charge is -2.24. The Morgan fingerprint density at radius 2 is 1.67 bits per heavy atom. The predicted octanol–water partition coefficient (Wildman–Crippen LogP) is 3.04. The van der Waals surface area contributed by atoms with Crippen molar-refractivity contribution in [2.45, 2.75) is 18.9 Å². The summed E-state index contributed by atoms with van der Waals surface area (Å²) in [5.74, 6) is -0.789. The molecule has 0 bridgehead atoms. The Balaban J connectivity index is 1.53. The first-order valence-corrected chi connectivity index (χ1v) is 9.90. The first-order chi connectivity index (χ1) is 14.5. The minimum Gasteiger partial charge on any atom is -0.478 e. The highest BCUT2D eigenvalue weighted by Crippen LogP contribution is 2.32. The van der Waals surface area contributed by atoms with E-state index in [0.717, 1.165) is 12.8 Å². The second-order valence-electron chi connectivity index (χ2n) is 7.02. The van der Waals surface area contributed by atoms with Crippen LogP contribution in [0.2, 0.25) is 0 Å². The molecular weight excluding hydrogens is 398 g/mol. The number of nitrogen functional groups attached to an aromatic ring is 1. The van der Waals surface area contributed by atoms with Crippen LogP contribution < -0.4 is 21.9 Å². The van der Waals surface area contributed by atoms with Gasteiger partial charge in [-0.05, 0) is 53.4 Å². The molecular formula is C22H21N5O2S. The molecule has 0 saturated heterocycles. The molecule has 6 N–H and O–H groups in total. The number of nitrogens with two attached hydrogens (primary N) is 1. The first-order valence-electron chi connectivity index (χ1n) is 9.50. The Kier molecular flexibility index (Phi) is 5.49. The molecule has 0 amide bonds. The van der Waals surface area contributed by atoms with Crippen molar-refractivity contribution in [3.05, 3.63) is 88.6 Å². The summed E-state index contributed by atoms with van der Waals surface area (Å²) in [5.41, 5.74) is 16.8. The number of rotatable bonds is 4. The van der Waals surface area contributed by atoms with Crippen LogP contribution in [0, 0.1) is 0 Å². The summed E-state index contributed by atoms with van der Waals surface area (Å²) in [6, 6.07) is 18.0. The van der Waals surface area contributed by atoms with Crippen LogP contribution >= 0.6 is 12.2 Å². The molecule has 7 nitrogen and oxygen atoms in total. The van der Waals surface area contributed by atoms with Gasteiger partial charge in [0.25, 0.3) is 0 Å². The fourth-order valence-electron chi connectivity index (χ4n) is 3.67. The van der Waals surface area contributed by atoms with Gasteiger partial charge in [0.05, 0.1) is 17.3 Å². The maximum absolute atomic E-state index is 11.0. The van der Waals surface area contributed by atoms with Crippen LogP contribution in [0.15, 0.2) is 60.8 Å². The van der Waals surface area contributed by atoms with Crippen molar-refractivity contribution in [2.24, 2.45) is 0 Å². The standard InChI is InChI=1S/C22H21N5O2S/c23-18-11-15(21(28)29)12-24-20(18)26-27-22(30)25-19-16-7-3-1-5-13(16)9-10-14-6-2-4-8-17(14)19/h1-8,11-12,19H,9-10,23H2,(H,24,26)(H,28,29)(H2,25,27,30). The quantitative estimate of drug-likeness (QED) is 0.324. The number of carboxylic acids is 1. The van der Waals surface area contributed by atoms with Crippen LogP contribution in [0.3, 0.4) is 0 Å². The number of aromatic carboxylic acids is 1. The highest BCUT2D eigenvalue weighted by Gasteiger charge is 2.23. The summed E-state index contributed by atoms with van der Waals surface area (Å²) in [4.78, 5) is 15.1. The summed E-state index contributed by atoms with van der Waals surface area (Å²) in [6.45, 7) is 0. The molecule has 4 rings (SSSR count). The number of thiocarbonyl (C=S) groups is 1. The second-order valence-corrected chi connectivity index (χ2v) is 7.43. The van der Waals surface area contributed by atoms with E-state index in [1.54, 1.807) is 0 Å². The van der Waals surface area contributed by atoms with Gasteiger partial charge in [-0.3, -0.25) is 10.9 Å². The Hall–Kier alpha value is -3.65. The van der Waals surface area contributed by atoms with Gasteiger partial charge in [-0.2, -0.15) is 0 Å². The average Bonchev–Trinajstić information content (AvgIpc) is 2.90. The van der Waals surface area contributed by atoms with Crippen molar-refractivity contribution in [1.82, 2.24) is 15.7 Å². The third kappa shape index (κ3) is 4.04. The molecule has 1 aliphatic rings. The number of nitrogens with one attached hydrogen (secondary N) is 3. The topological polar surface area (TPSA) is 112 Å². The number of hydrazine groups is 1. The number of carbonyl (C=O) groups is 1. The number of carboxylic acid groups (broad SMARTS) is 1. The number of nitrogens with zero attached hydrogens (tertiary/aromatic N) is 1. The lowest BCUT2D eigenvalue weighted by Crippen LogP contribution is -2.41. The van der Waals surface area contributed by atoms with E-state index in [1.807, 2.05) is 12.1 Å². The Bertz CT molecular complexity index is 1070. The highest BCUT2D eigenvalue weighted by molar-refractivity contribution is 7.80. The number of aromatic nitrogens is 1. The Morgan fingerprint density at radius 1 is 1.07 bits per heavy atom. The number of fused-ring (bicyclic) bond motifs is 2. The van der Waals surface area contributed by atoms with Gasteiger partial charge in [0.15, 0.2) is 10.9 Å². The molecule has 1 aliphatic carbocycles. The van der Waals surface area contributed by atoms with Crippen LogP contribution in [0.1, 0.15) is 38.7 Å². The molecule has 0 fully saturated rings. The lowest BCUT2D eigenvalue weighted by atomic mass is 9.95. The molecule has 1 aromatic heterocycles. The van der Waals surface area contributed by atoms with Gasteiger partial charge in [0, 0.05) is 6.20 Å². The summed E-state index contributed by atoms with van der Waals surface area (Å²) < 4.78 is 0. The fourth-order valence-corrected chi connectivity index (χ4v) is 3.83. The predicted molar refractivity (Wildman–Crippen MR) is 120 cm³/mol. The van der Waals surface area contributed by atoms with Crippen molar-refractivity contribution in [3.8, 4) is 0 Å². The molecule has 30 heavy (non-hydrogen) atoms. The van der Waals surface area contributed by atoms with Gasteiger partial charge in [-0.15, -0.1) is 0 Å². The SMILES string of the molecule is Nc1cc(C(=O)O)cnc1NNC(=S)NC1c2ccccc2CCc2ccccc21. The maximum Gasteiger partial charge on any atom is 0.337 e. The average molecular weight is 420 g/mol. The molecule has 3 aromatic rings. The molecule has 8 heteroatoms. The number of pyridine rings is 1. The van der Waals surface area contributed by atoms with Crippen LogP contribution in [0.4, 0.5) is 11.5 Å². The maximum atomic E-state index is 11.0. The van der Waals surface area contributed by atoms with Crippen molar-refractivity contribution < 1.29 is 9.90 Å². The third-order valence-electron chi connectivity index (χ3n) is 5.13. The number of hydrogen-bond acceptors (Lipinski definition) is 5. The van der Waals surface area contributed by atoms with Gasteiger partial charge in [-0.1, -0.05) is 48.5 Å². The van der Waals surface area contributed by atoms with E-state index < -0.39 is 5.97 Å². The van der Waals surface area contributed by atoms with Crippen LogP contribution in [-0.4, -0.2) is 21.2 Å². The van der Waals surface area contributed by atoms with Gasteiger partial charge < -0.3 is 16.2 Å². The molecule has 0 atom stereocenters. The zero-order chi connectivity index (χ0) is 21.1. The fraction of sp³-hybridized carbons (Fsp3) is 0.136. The van der Waals surface area contributed by atoms with E-state index in [1.165, 1.54) is 34.5 Å². The second kappa shape index (κ2) is 8.38. The number of benzene rings is 2. The van der Waals surface area contributed by atoms with Crippen molar-refractivity contribution in [2.75, 3.05) is 11.2 Å². The van der Waals surface area contributed by atoms with E-state index in [4.69, 9.17) is 23.1 Å². The van der Waals surface area contributed by atoms with Crippen LogP contribution in [-0.2, 0) is 12.8 Å². The number of anilines is 2. The molecule has 0 unspecified atom stereocenters. The monoisotopic (exact) mass is 419 g/mol.